The first kappa shape index (κ1) is 29.4. The van der Waals surface area contributed by atoms with E-state index in [0.717, 1.165) is 48.0 Å². The van der Waals surface area contributed by atoms with Crippen molar-refractivity contribution in [3.63, 3.8) is 0 Å². The summed E-state index contributed by atoms with van der Waals surface area (Å²) in [5, 5.41) is 0. The molecule has 4 heterocycles. The van der Waals surface area contributed by atoms with E-state index in [1.54, 1.807) is 6.20 Å². The second-order valence-corrected chi connectivity index (χ2v) is 12.5. The summed E-state index contributed by atoms with van der Waals surface area (Å²) in [4.78, 5) is 46.6. The van der Waals surface area contributed by atoms with Crippen molar-refractivity contribution in [2.45, 2.75) is 58.9 Å². The number of amides is 1. The monoisotopic (exact) mass is 574 g/mol. The molecule has 1 saturated heterocycles. The normalized spacial score (nSPS) is 17.3. The number of aryl methyl sites for hydroxylation is 2. The van der Waals surface area contributed by atoms with Gasteiger partial charge in [-0.2, -0.15) is 0 Å². The molecule has 222 valence electrons. The van der Waals surface area contributed by atoms with E-state index in [9.17, 15) is 14.0 Å². The highest BCUT2D eigenvalue weighted by molar-refractivity contribution is 5.93. The number of hydrogen-bond donors (Lipinski definition) is 0. The van der Waals surface area contributed by atoms with Crippen LogP contribution in [0.5, 0.6) is 0 Å². The minimum absolute atomic E-state index is 0.142. The molecule has 0 radical (unpaired) electrons. The highest BCUT2D eigenvalue weighted by Gasteiger charge is 2.41. The maximum absolute atomic E-state index is 13.8. The minimum atomic E-state index is -0.503. The molecule has 1 fully saturated rings. The van der Waals surface area contributed by atoms with E-state index in [2.05, 4.69) is 23.6 Å². The molecule has 1 aromatic carbocycles. The lowest BCUT2D eigenvalue weighted by molar-refractivity contribution is 0.0505. The Kier molecular flexibility index (Phi) is 7.68. The van der Waals surface area contributed by atoms with Crippen molar-refractivity contribution in [1.82, 2.24) is 19.9 Å². The third kappa shape index (κ3) is 5.54. The summed E-state index contributed by atoms with van der Waals surface area (Å²) >= 11 is 0. The number of rotatable bonds is 6. The zero-order valence-electron chi connectivity index (χ0n) is 25.5. The summed E-state index contributed by atoms with van der Waals surface area (Å²) in [7, 11) is 1.37. The third-order valence-corrected chi connectivity index (χ3v) is 8.33. The van der Waals surface area contributed by atoms with E-state index < -0.39 is 11.5 Å². The fourth-order valence-electron chi connectivity index (χ4n) is 6.15. The van der Waals surface area contributed by atoms with E-state index in [-0.39, 0.29) is 17.1 Å². The van der Waals surface area contributed by atoms with Gasteiger partial charge in [-0.05, 0) is 63.4 Å². The van der Waals surface area contributed by atoms with Crippen LogP contribution in [0.15, 0.2) is 36.5 Å². The summed E-state index contributed by atoms with van der Waals surface area (Å²) in [6, 6.07) is 8.48. The predicted octanol–water partition coefficient (Wildman–Crippen LogP) is 4.50. The Labute approximate surface area is 246 Å². The Morgan fingerprint density at radius 2 is 1.74 bits per heavy atom. The number of anilines is 2. The van der Waals surface area contributed by atoms with Crippen LogP contribution in [0.4, 0.5) is 16.0 Å². The highest BCUT2D eigenvalue weighted by atomic mass is 19.1. The maximum Gasteiger partial charge on any atom is 0.339 e. The lowest BCUT2D eigenvalue weighted by Crippen LogP contribution is -2.61. The Balaban J connectivity index is 1.32. The van der Waals surface area contributed by atoms with Gasteiger partial charge in [0.1, 0.15) is 17.3 Å². The molecule has 10 heteroatoms. The number of halogens is 1. The topological polar surface area (TPSA) is 91.8 Å². The van der Waals surface area contributed by atoms with Crippen molar-refractivity contribution in [3.8, 4) is 0 Å². The molecule has 2 aliphatic heterocycles. The zero-order valence-corrected chi connectivity index (χ0v) is 25.5. The fourth-order valence-corrected chi connectivity index (χ4v) is 6.15. The summed E-state index contributed by atoms with van der Waals surface area (Å²) in [6.45, 7) is 15.2. The number of aromatic nitrogens is 3. The van der Waals surface area contributed by atoms with E-state index in [0.29, 0.717) is 36.6 Å². The van der Waals surface area contributed by atoms with Crippen LogP contribution in [0.3, 0.4) is 0 Å². The predicted molar refractivity (Wildman–Crippen MR) is 160 cm³/mol. The number of piperazine rings is 1. The summed E-state index contributed by atoms with van der Waals surface area (Å²) in [5.74, 6) is 0.800. The number of ether oxygens (including phenoxy) is 1. The van der Waals surface area contributed by atoms with Crippen molar-refractivity contribution >= 4 is 23.5 Å². The van der Waals surface area contributed by atoms with Gasteiger partial charge in [0, 0.05) is 38.1 Å². The lowest BCUT2D eigenvalue weighted by atomic mass is 9.92. The van der Waals surface area contributed by atoms with Crippen LogP contribution in [0.1, 0.15) is 71.1 Å². The van der Waals surface area contributed by atoms with Crippen molar-refractivity contribution in [3.05, 3.63) is 76.1 Å². The van der Waals surface area contributed by atoms with E-state index >= 15 is 0 Å². The molecule has 2 aliphatic rings. The van der Waals surface area contributed by atoms with Gasteiger partial charge >= 0.3 is 5.97 Å². The quantitative estimate of drug-likeness (QED) is 0.398. The molecule has 0 aliphatic carbocycles. The highest BCUT2D eigenvalue weighted by Crippen LogP contribution is 2.38. The van der Waals surface area contributed by atoms with Crippen molar-refractivity contribution in [1.29, 1.82) is 0 Å². The van der Waals surface area contributed by atoms with Crippen LogP contribution >= 0.6 is 0 Å². The Bertz CT molecular complexity index is 1500. The maximum atomic E-state index is 13.8. The molecule has 9 nitrogen and oxygen atoms in total. The third-order valence-electron chi connectivity index (χ3n) is 8.33. The largest absolute Gasteiger partial charge is 0.465 e. The number of pyridine rings is 1. The molecule has 0 N–H and O–H groups in total. The average Bonchev–Trinajstić information content (AvgIpc) is 3.20. The number of esters is 1. The molecule has 0 saturated carbocycles. The second kappa shape index (κ2) is 11.0. The van der Waals surface area contributed by atoms with Crippen molar-refractivity contribution < 1.29 is 18.7 Å². The number of carbonyl (C=O) groups is 2. The SMILES string of the molecule is COC(=O)c1c(C)cc(N2CCN(C(=O)c3cnc4c(n3)C(C)(C)CN4CCc3ccc(F)cc3)C(C)(C)C2)nc1C. The summed E-state index contributed by atoms with van der Waals surface area (Å²) in [6.07, 6.45) is 2.35. The van der Waals surface area contributed by atoms with Gasteiger partial charge in [0.15, 0.2) is 5.82 Å². The number of carbonyl (C=O) groups excluding carboxylic acids is 2. The smallest absolute Gasteiger partial charge is 0.339 e. The number of methoxy groups -OCH3 is 1. The fraction of sp³-hybridized carbons (Fsp3) is 0.469. The van der Waals surface area contributed by atoms with Gasteiger partial charge in [-0.1, -0.05) is 26.0 Å². The van der Waals surface area contributed by atoms with Crippen molar-refractivity contribution in [2.24, 2.45) is 0 Å². The molecule has 0 bridgehead atoms. The van der Waals surface area contributed by atoms with Gasteiger partial charge in [0.25, 0.3) is 5.91 Å². The van der Waals surface area contributed by atoms with Gasteiger partial charge in [0.05, 0.1) is 35.8 Å². The average molecular weight is 575 g/mol. The molecule has 0 spiro atoms. The molecule has 5 rings (SSSR count). The Morgan fingerprint density at radius 1 is 1.02 bits per heavy atom. The van der Waals surface area contributed by atoms with Crippen LogP contribution in [0, 0.1) is 19.7 Å². The van der Waals surface area contributed by atoms with E-state index in [1.807, 2.05) is 50.8 Å². The first-order valence-electron chi connectivity index (χ1n) is 14.3. The molecule has 3 aromatic rings. The van der Waals surface area contributed by atoms with E-state index in [4.69, 9.17) is 19.7 Å². The van der Waals surface area contributed by atoms with Crippen molar-refractivity contribution in [2.75, 3.05) is 49.6 Å². The van der Waals surface area contributed by atoms with Crippen LogP contribution in [0.2, 0.25) is 0 Å². The summed E-state index contributed by atoms with van der Waals surface area (Å²) in [5.41, 5.74) is 3.37. The van der Waals surface area contributed by atoms with Crippen LogP contribution in [0.25, 0.3) is 0 Å². The van der Waals surface area contributed by atoms with Crippen LogP contribution in [-0.4, -0.2) is 77.1 Å². The van der Waals surface area contributed by atoms with Gasteiger partial charge < -0.3 is 19.4 Å². The molecule has 2 aromatic heterocycles. The first-order valence-corrected chi connectivity index (χ1v) is 14.3. The Hall–Kier alpha value is -4.08. The van der Waals surface area contributed by atoms with Crippen LogP contribution in [-0.2, 0) is 16.6 Å². The van der Waals surface area contributed by atoms with Gasteiger partial charge in [-0.3, -0.25) is 4.79 Å². The zero-order chi connectivity index (χ0) is 30.4. The standard InChI is InChI=1S/C32H39FN6O3/c1-20-16-25(35-21(2)26(20)30(41)42-7)37-14-15-39(32(5,6)19-37)29(40)24-17-34-28-27(36-24)31(3,4)18-38(28)13-12-22-8-10-23(33)11-9-22/h8-11,16-17H,12-15,18-19H2,1-7H3. The Morgan fingerprint density at radius 3 is 2.38 bits per heavy atom. The number of fused-ring (bicyclic) bond motifs is 1. The number of nitrogens with zero attached hydrogens (tertiary/aromatic N) is 6. The first-order chi connectivity index (χ1) is 19.8. The molecule has 0 unspecified atom stereocenters. The number of hydrogen-bond acceptors (Lipinski definition) is 8. The molecule has 0 atom stereocenters. The molecular weight excluding hydrogens is 535 g/mol. The van der Waals surface area contributed by atoms with Gasteiger partial charge in [0.2, 0.25) is 0 Å². The van der Waals surface area contributed by atoms with E-state index in [1.165, 1.54) is 19.2 Å². The lowest BCUT2D eigenvalue weighted by Gasteiger charge is -2.47. The molecular formula is C32H39FN6O3. The van der Waals surface area contributed by atoms with Crippen LogP contribution < -0.4 is 9.80 Å². The van der Waals surface area contributed by atoms with Gasteiger partial charge in [-0.25, -0.2) is 24.1 Å². The molecule has 1 amide bonds. The summed E-state index contributed by atoms with van der Waals surface area (Å²) < 4.78 is 18.2. The minimum Gasteiger partial charge on any atom is -0.465 e. The van der Waals surface area contributed by atoms with Gasteiger partial charge in [-0.15, -0.1) is 0 Å². The molecule has 42 heavy (non-hydrogen) atoms. The number of benzene rings is 1. The second-order valence-electron chi connectivity index (χ2n) is 12.5.